The number of benzene rings is 1. The van der Waals surface area contributed by atoms with E-state index in [1.165, 1.54) is 0 Å². The third kappa shape index (κ3) is 3.08. The van der Waals surface area contributed by atoms with Gasteiger partial charge in [0.15, 0.2) is 0 Å². The average molecular weight is 281 g/mol. The van der Waals surface area contributed by atoms with Gasteiger partial charge in [0.25, 0.3) is 0 Å². The molecule has 1 heterocycles. The van der Waals surface area contributed by atoms with Crippen molar-refractivity contribution >= 4 is 11.6 Å². The van der Waals surface area contributed by atoms with Crippen molar-refractivity contribution < 1.29 is 9.84 Å². The molecule has 0 aliphatic heterocycles. The maximum Gasteiger partial charge on any atom is 0.147 e. The first-order valence-electron chi connectivity index (χ1n) is 6.06. The number of aliphatic hydroxyl groups is 1. The lowest BCUT2D eigenvalue weighted by Crippen LogP contribution is -2.04. The smallest absolute Gasteiger partial charge is 0.147 e. The summed E-state index contributed by atoms with van der Waals surface area (Å²) < 4.78 is 7.51. The SMILES string of the molecule is Cc1cc([C@H](C)O)ccc1OCc1ncc(Cl)n1C. The summed E-state index contributed by atoms with van der Waals surface area (Å²) in [6.07, 6.45) is 1.13. The van der Waals surface area contributed by atoms with E-state index in [-0.39, 0.29) is 0 Å². The van der Waals surface area contributed by atoms with E-state index in [0.717, 1.165) is 22.7 Å². The zero-order valence-corrected chi connectivity index (χ0v) is 12.0. The van der Waals surface area contributed by atoms with Crippen molar-refractivity contribution in [2.24, 2.45) is 7.05 Å². The Balaban J connectivity index is 2.10. The fraction of sp³-hybridized carbons (Fsp3) is 0.357. The Morgan fingerprint density at radius 3 is 2.74 bits per heavy atom. The van der Waals surface area contributed by atoms with Crippen LogP contribution in [-0.4, -0.2) is 14.7 Å². The van der Waals surface area contributed by atoms with Crippen LogP contribution in [0.25, 0.3) is 0 Å². The highest BCUT2D eigenvalue weighted by Gasteiger charge is 2.08. The van der Waals surface area contributed by atoms with Crippen LogP contribution < -0.4 is 4.74 Å². The van der Waals surface area contributed by atoms with E-state index in [2.05, 4.69) is 4.98 Å². The van der Waals surface area contributed by atoms with E-state index in [4.69, 9.17) is 16.3 Å². The Labute approximate surface area is 117 Å². The first kappa shape index (κ1) is 13.9. The molecule has 1 aromatic heterocycles. The zero-order valence-electron chi connectivity index (χ0n) is 11.2. The van der Waals surface area contributed by atoms with Crippen LogP contribution in [0.2, 0.25) is 5.15 Å². The molecule has 0 unspecified atom stereocenters. The number of nitrogens with zero attached hydrogens (tertiary/aromatic N) is 2. The number of aromatic nitrogens is 2. The van der Waals surface area contributed by atoms with Crippen LogP contribution >= 0.6 is 11.6 Å². The van der Waals surface area contributed by atoms with E-state index in [1.807, 2.05) is 32.2 Å². The van der Waals surface area contributed by atoms with E-state index < -0.39 is 6.10 Å². The summed E-state index contributed by atoms with van der Waals surface area (Å²) in [7, 11) is 1.84. The number of hydrogen-bond acceptors (Lipinski definition) is 3. The highest BCUT2D eigenvalue weighted by molar-refractivity contribution is 6.29. The maximum absolute atomic E-state index is 9.52. The third-order valence-electron chi connectivity index (χ3n) is 3.07. The highest BCUT2D eigenvalue weighted by atomic mass is 35.5. The van der Waals surface area contributed by atoms with Crippen molar-refractivity contribution in [1.82, 2.24) is 9.55 Å². The average Bonchev–Trinajstić information content (AvgIpc) is 2.68. The Morgan fingerprint density at radius 2 is 2.21 bits per heavy atom. The first-order valence-corrected chi connectivity index (χ1v) is 6.44. The number of rotatable bonds is 4. The zero-order chi connectivity index (χ0) is 14.0. The van der Waals surface area contributed by atoms with Crippen molar-refractivity contribution in [2.45, 2.75) is 26.6 Å². The van der Waals surface area contributed by atoms with Gasteiger partial charge < -0.3 is 14.4 Å². The molecule has 4 nitrogen and oxygen atoms in total. The van der Waals surface area contributed by atoms with Gasteiger partial charge in [0.1, 0.15) is 23.3 Å². The molecule has 1 N–H and O–H groups in total. The fourth-order valence-electron chi connectivity index (χ4n) is 1.80. The molecule has 19 heavy (non-hydrogen) atoms. The van der Waals surface area contributed by atoms with Crippen molar-refractivity contribution in [3.63, 3.8) is 0 Å². The summed E-state index contributed by atoms with van der Waals surface area (Å²) in [6, 6.07) is 5.64. The second-order valence-corrected chi connectivity index (χ2v) is 4.93. The quantitative estimate of drug-likeness (QED) is 0.936. The highest BCUT2D eigenvalue weighted by Crippen LogP contribution is 2.23. The van der Waals surface area contributed by atoms with Gasteiger partial charge >= 0.3 is 0 Å². The van der Waals surface area contributed by atoms with Gasteiger partial charge in [-0.2, -0.15) is 0 Å². The number of aliphatic hydroxyl groups excluding tert-OH is 1. The lowest BCUT2D eigenvalue weighted by Gasteiger charge is -2.12. The van der Waals surface area contributed by atoms with E-state index in [0.29, 0.717) is 11.8 Å². The number of imidazole rings is 1. The third-order valence-corrected chi connectivity index (χ3v) is 3.42. The van der Waals surface area contributed by atoms with Crippen molar-refractivity contribution in [1.29, 1.82) is 0 Å². The molecule has 1 atom stereocenters. The minimum absolute atomic E-state index is 0.359. The summed E-state index contributed by atoms with van der Waals surface area (Å²) in [6.45, 7) is 4.05. The molecule has 0 aliphatic rings. The lowest BCUT2D eigenvalue weighted by atomic mass is 10.1. The van der Waals surface area contributed by atoms with Gasteiger partial charge in [0, 0.05) is 7.05 Å². The van der Waals surface area contributed by atoms with Gasteiger partial charge in [-0.15, -0.1) is 0 Å². The van der Waals surface area contributed by atoms with Crippen LogP contribution in [0.5, 0.6) is 5.75 Å². The van der Waals surface area contributed by atoms with Gasteiger partial charge in [-0.3, -0.25) is 0 Å². The lowest BCUT2D eigenvalue weighted by molar-refractivity contribution is 0.199. The van der Waals surface area contributed by atoms with Crippen LogP contribution in [0.15, 0.2) is 24.4 Å². The minimum Gasteiger partial charge on any atom is -0.485 e. The van der Waals surface area contributed by atoms with E-state index in [1.54, 1.807) is 17.7 Å². The normalized spacial score (nSPS) is 12.5. The number of hydrogen-bond donors (Lipinski definition) is 1. The predicted octanol–water partition coefficient (Wildman–Crippen LogP) is 3.01. The molecule has 0 radical (unpaired) electrons. The molecule has 2 rings (SSSR count). The minimum atomic E-state index is -0.471. The van der Waals surface area contributed by atoms with Crippen molar-refractivity contribution in [2.75, 3.05) is 0 Å². The first-order chi connectivity index (χ1) is 8.99. The molecule has 102 valence electrons. The number of ether oxygens (including phenoxy) is 1. The Morgan fingerprint density at radius 1 is 1.47 bits per heavy atom. The van der Waals surface area contributed by atoms with Gasteiger partial charge in [0.2, 0.25) is 0 Å². The summed E-state index contributed by atoms with van der Waals surface area (Å²) in [5, 5.41) is 10.1. The number of halogens is 1. The van der Waals surface area contributed by atoms with E-state index >= 15 is 0 Å². The number of aryl methyl sites for hydroxylation is 1. The van der Waals surface area contributed by atoms with Crippen LogP contribution in [0, 0.1) is 6.92 Å². The van der Waals surface area contributed by atoms with Crippen LogP contribution in [0.3, 0.4) is 0 Å². The molecule has 0 fully saturated rings. The molecule has 0 bridgehead atoms. The molecule has 2 aromatic rings. The van der Waals surface area contributed by atoms with Gasteiger partial charge in [0.05, 0.1) is 12.3 Å². The molecular weight excluding hydrogens is 264 g/mol. The van der Waals surface area contributed by atoms with E-state index in [9.17, 15) is 5.11 Å². The maximum atomic E-state index is 9.52. The molecule has 0 saturated carbocycles. The molecule has 5 heteroatoms. The van der Waals surface area contributed by atoms with Crippen LogP contribution in [-0.2, 0) is 13.7 Å². The Kier molecular flexibility index (Phi) is 4.12. The summed E-state index contributed by atoms with van der Waals surface area (Å²) in [5.74, 6) is 1.55. The van der Waals surface area contributed by atoms with Gasteiger partial charge in [-0.1, -0.05) is 17.7 Å². The fourth-order valence-corrected chi connectivity index (χ4v) is 1.94. The second kappa shape index (κ2) is 5.63. The van der Waals surface area contributed by atoms with Crippen molar-refractivity contribution in [3.05, 3.63) is 46.5 Å². The monoisotopic (exact) mass is 280 g/mol. The summed E-state index contributed by atoms with van der Waals surface area (Å²) in [5.41, 5.74) is 1.86. The largest absolute Gasteiger partial charge is 0.485 e. The molecule has 0 saturated heterocycles. The molecule has 0 spiro atoms. The second-order valence-electron chi connectivity index (χ2n) is 4.55. The predicted molar refractivity (Wildman–Crippen MR) is 74.4 cm³/mol. The standard InChI is InChI=1S/C14H17ClN2O2/c1-9-6-11(10(2)18)4-5-12(9)19-8-14-16-7-13(15)17(14)3/h4-7,10,18H,8H2,1-3H3/t10-/m0/s1. The van der Waals surface area contributed by atoms with Crippen LogP contribution in [0.4, 0.5) is 0 Å². The van der Waals surface area contributed by atoms with Crippen LogP contribution in [0.1, 0.15) is 30.0 Å². The summed E-state index contributed by atoms with van der Waals surface area (Å²) >= 11 is 5.92. The molecule has 0 amide bonds. The summed E-state index contributed by atoms with van der Waals surface area (Å²) in [4.78, 5) is 4.17. The van der Waals surface area contributed by atoms with Gasteiger partial charge in [-0.25, -0.2) is 4.98 Å². The Hall–Kier alpha value is -1.52. The molecule has 1 aromatic carbocycles. The topological polar surface area (TPSA) is 47.3 Å². The molecule has 0 aliphatic carbocycles. The Bertz CT molecular complexity index is 579. The molecular formula is C14H17ClN2O2. The van der Waals surface area contributed by atoms with Crippen molar-refractivity contribution in [3.8, 4) is 5.75 Å². The van der Waals surface area contributed by atoms with Gasteiger partial charge in [-0.05, 0) is 37.1 Å².